The predicted molar refractivity (Wildman–Crippen MR) is 205 cm³/mol. The summed E-state index contributed by atoms with van der Waals surface area (Å²) >= 11 is 0. The number of rotatable bonds is 10. The van der Waals surface area contributed by atoms with Crippen molar-refractivity contribution in [2.75, 3.05) is 0 Å². The minimum atomic E-state index is -1.78. The van der Waals surface area contributed by atoms with Crippen molar-refractivity contribution in [2.45, 2.75) is 51.0 Å². The Morgan fingerprint density at radius 2 is 0.635 bits per heavy atom. The lowest BCUT2D eigenvalue weighted by atomic mass is 9.76. The molecule has 0 fully saturated rings. The molecule has 2 amide bonds. The number of amides is 2. The fraction of sp³-hybridized carbons (Fsp3) is 0.174. The van der Waals surface area contributed by atoms with Crippen LogP contribution in [0.2, 0.25) is 0 Å². The quantitative estimate of drug-likeness (QED) is 0.110. The van der Waals surface area contributed by atoms with E-state index < -0.39 is 35.1 Å². The van der Waals surface area contributed by atoms with Gasteiger partial charge in [0, 0.05) is 0 Å². The maximum absolute atomic E-state index is 14.3. The third-order valence-corrected chi connectivity index (χ3v) is 9.83. The van der Waals surface area contributed by atoms with Crippen LogP contribution in [-0.4, -0.2) is 22.0 Å². The van der Waals surface area contributed by atoms with E-state index in [1.807, 2.05) is 185 Å². The molecule has 2 unspecified atom stereocenters. The summed E-state index contributed by atoms with van der Waals surface area (Å²) in [6.45, 7) is 7.86. The third kappa shape index (κ3) is 7.31. The Bertz CT molecular complexity index is 1860. The van der Waals surface area contributed by atoms with Crippen molar-refractivity contribution in [3.8, 4) is 0 Å². The highest BCUT2D eigenvalue weighted by molar-refractivity contribution is 6.35. The van der Waals surface area contributed by atoms with Crippen LogP contribution >= 0.6 is 0 Å². The summed E-state index contributed by atoms with van der Waals surface area (Å²) in [7, 11) is 0. The summed E-state index contributed by atoms with van der Waals surface area (Å²) < 4.78 is 0. The Morgan fingerprint density at radius 1 is 0.404 bits per heavy atom. The summed E-state index contributed by atoms with van der Waals surface area (Å²) in [6.07, 6.45) is 0. The van der Waals surface area contributed by atoms with Gasteiger partial charge in [0.25, 0.3) is 0 Å². The van der Waals surface area contributed by atoms with E-state index in [-0.39, 0.29) is 0 Å². The van der Waals surface area contributed by atoms with E-state index in [1.54, 1.807) is 0 Å². The van der Waals surface area contributed by atoms with Gasteiger partial charge in [0.2, 0.25) is 0 Å². The van der Waals surface area contributed by atoms with E-state index in [0.29, 0.717) is 33.4 Å². The summed E-state index contributed by atoms with van der Waals surface area (Å²) in [5.41, 5.74) is 3.88. The smallest absolute Gasteiger partial charge is 0.309 e. The molecule has 6 rings (SSSR count). The molecule has 52 heavy (non-hydrogen) atoms. The molecule has 0 radical (unpaired) electrons. The maximum Gasteiger partial charge on any atom is 0.309 e. The number of carbonyl (C=O) groups excluding carboxylic acids is 2. The Morgan fingerprint density at radius 3 is 0.865 bits per heavy atom. The van der Waals surface area contributed by atoms with E-state index in [1.165, 1.54) is 0 Å². The van der Waals surface area contributed by atoms with Crippen LogP contribution in [0.15, 0.2) is 158 Å². The first-order valence-electron chi connectivity index (χ1n) is 17.4. The Labute approximate surface area is 305 Å². The third-order valence-electron chi connectivity index (χ3n) is 9.83. The number of aliphatic hydroxyl groups is 2. The lowest BCUT2D eigenvalue weighted by molar-refractivity contribution is -0.142. The highest BCUT2D eigenvalue weighted by atomic mass is 16.3. The van der Waals surface area contributed by atoms with Crippen LogP contribution in [0.5, 0.6) is 0 Å². The second-order valence-corrected chi connectivity index (χ2v) is 13.6. The van der Waals surface area contributed by atoms with Crippen molar-refractivity contribution in [1.82, 2.24) is 10.6 Å². The first kappa shape index (κ1) is 36.0. The van der Waals surface area contributed by atoms with Gasteiger partial charge in [-0.1, -0.05) is 180 Å². The minimum absolute atomic E-state index is 0.548. The largest absolute Gasteiger partial charge is 0.378 e. The topological polar surface area (TPSA) is 98.7 Å². The Kier molecular flexibility index (Phi) is 10.5. The SMILES string of the molecule is Cc1ccc(C(O)(c2ccc(C)cc2)C(NC(=O)C(=O)NC(c2ccccc2)C(O)(c2ccc(C)cc2)c2ccc(C)cc2)c2ccccc2)cc1. The Hall–Kier alpha value is -5.82. The molecule has 0 saturated carbocycles. The van der Waals surface area contributed by atoms with Gasteiger partial charge < -0.3 is 20.8 Å². The van der Waals surface area contributed by atoms with Crippen LogP contribution < -0.4 is 10.6 Å². The molecular formula is C46H44N2O4. The summed E-state index contributed by atoms with van der Waals surface area (Å²) in [5, 5.41) is 31.7. The monoisotopic (exact) mass is 688 g/mol. The van der Waals surface area contributed by atoms with Crippen LogP contribution in [0.4, 0.5) is 0 Å². The minimum Gasteiger partial charge on any atom is -0.378 e. The molecule has 0 bridgehead atoms. The fourth-order valence-electron chi connectivity index (χ4n) is 6.77. The molecule has 4 N–H and O–H groups in total. The van der Waals surface area contributed by atoms with Gasteiger partial charge in [0.15, 0.2) is 0 Å². The average Bonchev–Trinajstić information content (AvgIpc) is 3.17. The van der Waals surface area contributed by atoms with E-state index in [4.69, 9.17) is 0 Å². The lowest BCUT2D eigenvalue weighted by Gasteiger charge is -2.39. The molecule has 0 heterocycles. The van der Waals surface area contributed by atoms with Crippen molar-refractivity contribution in [3.05, 3.63) is 213 Å². The lowest BCUT2D eigenvalue weighted by Crippen LogP contribution is -2.52. The Balaban J connectivity index is 1.44. The number of hydrogen-bond acceptors (Lipinski definition) is 4. The highest BCUT2D eigenvalue weighted by Gasteiger charge is 2.45. The first-order chi connectivity index (χ1) is 25.0. The van der Waals surface area contributed by atoms with E-state index in [9.17, 15) is 19.8 Å². The standard InChI is InChI=1S/C46H44N2O4/c1-31-15-23-37(24-16-31)45(51,38-25-17-32(2)18-26-38)41(35-11-7-5-8-12-35)47-43(49)44(50)48-42(36-13-9-6-10-14-36)46(52,39-27-19-33(3)20-28-39)40-29-21-34(4)22-30-40/h5-30,41-42,51-52H,1-4H3,(H,47,49)(H,48,50). The fourth-order valence-corrected chi connectivity index (χ4v) is 6.77. The van der Waals surface area contributed by atoms with E-state index >= 15 is 0 Å². The molecule has 262 valence electrons. The summed E-state index contributed by atoms with van der Waals surface area (Å²) in [6, 6.07) is 46.1. The van der Waals surface area contributed by atoms with Gasteiger partial charge in [0.05, 0.1) is 12.1 Å². The second kappa shape index (κ2) is 15.2. The zero-order valence-corrected chi connectivity index (χ0v) is 29.9. The number of aryl methyl sites for hydroxylation is 4. The molecule has 6 heteroatoms. The zero-order chi connectivity index (χ0) is 36.9. The van der Waals surface area contributed by atoms with Crippen LogP contribution in [0.3, 0.4) is 0 Å². The van der Waals surface area contributed by atoms with Crippen LogP contribution in [-0.2, 0) is 20.8 Å². The van der Waals surface area contributed by atoms with Crippen molar-refractivity contribution in [2.24, 2.45) is 0 Å². The molecule has 6 nitrogen and oxygen atoms in total. The van der Waals surface area contributed by atoms with Crippen LogP contribution in [0.25, 0.3) is 0 Å². The van der Waals surface area contributed by atoms with Gasteiger partial charge in [0.1, 0.15) is 11.2 Å². The van der Waals surface area contributed by atoms with E-state index in [0.717, 1.165) is 22.3 Å². The van der Waals surface area contributed by atoms with Gasteiger partial charge in [-0.3, -0.25) is 9.59 Å². The highest BCUT2D eigenvalue weighted by Crippen LogP contribution is 2.43. The molecule has 0 saturated heterocycles. The van der Waals surface area contributed by atoms with Crippen LogP contribution in [0.1, 0.15) is 67.7 Å². The van der Waals surface area contributed by atoms with Gasteiger partial charge in [-0.15, -0.1) is 0 Å². The van der Waals surface area contributed by atoms with Crippen molar-refractivity contribution < 1.29 is 19.8 Å². The van der Waals surface area contributed by atoms with Gasteiger partial charge in [-0.2, -0.15) is 0 Å². The molecular weight excluding hydrogens is 645 g/mol. The zero-order valence-electron chi connectivity index (χ0n) is 29.9. The van der Waals surface area contributed by atoms with Gasteiger partial charge in [-0.25, -0.2) is 0 Å². The molecule has 0 aromatic heterocycles. The molecule has 0 aliphatic rings. The van der Waals surface area contributed by atoms with Crippen molar-refractivity contribution >= 4 is 11.8 Å². The number of benzene rings is 6. The molecule has 0 spiro atoms. The second-order valence-electron chi connectivity index (χ2n) is 13.6. The average molecular weight is 689 g/mol. The van der Waals surface area contributed by atoms with E-state index in [2.05, 4.69) is 10.6 Å². The van der Waals surface area contributed by atoms with Crippen molar-refractivity contribution in [1.29, 1.82) is 0 Å². The molecule has 0 aliphatic heterocycles. The number of nitrogens with one attached hydrogen (secondary N) is 2. The number of carbonyl (C=O) groups is 2. The molecule has 0 aliphatic carbocycles. The summed E-state index contributed by atoms with van der Waals surface area (Å²) in [4.78, 5) is 28.6. The summed E-state index contributed by atoms with van der Waals surface area (Å²) in [5.74, 6) is -1.94. The predicted octanol–water partition coefficient (Wildman–Crippen LogP) is 7.81. The molecule has 6 aromatic carbocycles. The van der Waals surface area contributed by atoms with Gasteiger partial charge >= 0.3 is 11.8 Å². The number of hydrogen-bond donors (Lipinski definition) is 4. The van der Waals surface area contributed by atoms with Crippen LogP contribution in [0, 0.1) is 27.7 Å². The normalized spacial score (nSPS) is 12.8. The molecule has 2 atom stereocenters. The molecule has 6 aromatic rings. The first-order valence-corrected chi connectivity index (χ1v) is 17.4. The van der Waals surface area contributed by atoms with Gasteiger partial charge in [-0.05, 0) is 61.1 Å². The maximum atomic E-state index is 14.3. The van der Waals surface area contributed by atoms with Crippen molar-refractivity contribution in [3.63, 3.8) is 0 Å².